The molecule has 2 N–H and O–H groups in total. The van der Waals surface area contributed by atoms with Gasteiger partial charge < -0.3 is 15.2 Å². The summed E-state index contributed by atoms with van der Waals surface area (Å²) in [6.07, 6.45) is 0.351. The summed E-state index contributed by atoms with van der Waals surface area (Å²) in [7, 11) is 1.64. The fourth-order valence-corrected chi connectivity index (χ4v) is 2.18. The van der Waals surface area contributed by atoms with Crippen LogP contribution in [0.25, 0.3) is 0 Å². The van der Waals surface area contributed by atoms with E-state index in [0.717, 1.165) is 17.7 Å². The van der Waals surface area contributed by atoms with Gasteiger partial charge in [-0.1, -0.05) is 18.2 Å². The van der Waals surface area contributed by atoms with Crippen molar-refractivity contribution in [1.29, 1.82) is 0 Å². The average molecular weight is 249 g/mol. The first-order valence-corrected chi connectivity index (χ1v) is 6.22. The lowest BCUT2D eigenvalue weighted by Crippen LogP contribution is -2.31. The number of hydrogen-bond donors (Lipinski definition) is 2. The molecule has 4 heteroatoms. The number of ether oxygens (including phenoxy) is 1. The summed E-state index contributed by atoms with van der Waals surface area (Å²) in [5.41, 5.74) is 1.09. The van der Waals surface area contributed by atoms with Crippen molar-refractivity contribution in [1.82, 2.24) is 5.32 Å². The van der Waals surface area contributed by atoms with Gasteiger partial charge in [0.25, 0.3) is 0 Å². The summed E-state index contributed by atoms with van der Waals surface area (Å²) in [6, 6.07) is 7.80. The number of benzene rings is 1. The molecule has 1 aliphatic rings. The van der Waals surface area contributed by atoms with Crippen LogP contribution >= 0.6 is 0 Å². The van der Waals surface area contributed by atoms with Gasteiger partial charge in [0.05, 0.1) is 13.2 Å². The molecule has 0 radical (unpaired) electrons. The molecule has 0 saturated heterocycles. The standard InChI is InChI=1S/C14H19NO3/c1-9(16)8-15-14(17)12-7-11(12)10-5-3-4-6-13(10)18-2/h3-6,9,11-12,16H,7-8H2,1-2H3,(H,15,17). The fourth-order valence-electron chi connectivity index (χ4n) is 2.18. The predicted molar refractivity (Wildman–Crippen MR) is 68.5 cm³/mol. The van der Waals surface area contributed by atoms with Crippen LogP contribution in [0.3, 0.4) is 0 Å². The van der Waals surface area contributed by atoms with Gasteiger partial charge in [-0.05, 0) is 30.9 Å². The van der Waals surface area contributed by atoms with E-state index >= 15 is 0 Å². The number of rotatable bonds is 5. The van der Waals surface area contributed by atoms with Crippen LogP contribution in [0.2, 0.25) is 0 Å². The largest absolute Gasteiger partial charge is 0.496 e. The summed E-state index contributed by atoms with van der Waals surface area (Å²) in [5, 5.41) is 11.9. The second-order valence-corrected chi connectivity index (χ2v) is 4.78. The van der Waals surface area contributed by atoms with Crippen molar-refractivity contribution < 1.29 is 14.6 Å². The molecule has 1 saturated carbocycles. The van der Waals surface area contributed by atoms with Crippen LogP contribution in [-0.2, 0) is 4.79 Å². The Labute approximate surface area is 107 Å². The first-order chi connectivity index (χ1) is 8.63. The Bertz CT molecular complexity index is 431. The number of nitrogens with one attached hydrogen (secondary N) is 1. The number of carbonyl (C=O) groups excluding carboxylic acids is 1. The lowest BCUT2D eigenvalue weighted by molar-refractivity contribution is -0.122. The highest BCUT2D eigenvalue weighted by atomic mass is 16.5. The van der Waals surface area contributed by atoms with Crippen LogP contribution in [0.4, 0.5) is 0 Å². The lowest BCUT2D eigenvalue weighted by Gasteiger charge is -2.09. The van der Waals surface area contributed by atoms with E-state index in [2.05, 4.69) is 5.32 Å². The van der Waals surface area contributed by atoms with Crippen LogP contribution in [0.15, 0.2) is 24.3 Å². The molecule has 1 aliphatic carbocycles. The molecule has 0 aromatic heterocycles. The van der Waals surface area contributed by atoms with Crippen LogP contribution in [0.1, 0.15) is 24.8 Å². The Kier molecular flexibility index (Phi) is 3.87. The Morgan fingerprint density at radius 2 is 2.28 bits per heavy atom. The zero-order chi connectivity index (χ0) is 13.1. The van der Waals surface area contributed by atoms with Crippen molar-refractivity contribution in [2.24, 2.45) is 5.92 Å². The number of methoxy groups -OCH3 is 1. The van der Waals surface area contributed by atoms with Crippen LogP contribution in [0.5, 0.6) is 5.75 Å². The van der Waals surface area contributed by atoms with E-state index in [1.54, 1.807) is 14.0 Å². The minimum atomic E-state index is -0.502. The number of para-hydroxylation sites is 1. The molecule has 2 rings (SSSR count). The van der Waals surface area contributed by atoms with Gasteiger partial charge in [-0.25, -0.2) is 0 Å². The second kappa shape index (κ2) is 5.40. The topological polar surface area (TPSA) is 58.6 Å². The van der Waals surface area contributed by atoms with Crippen LogP contribution in [0, 0.1) is 5.92 Å². The number of aliphatic hydroxyl groups excluding tert-OH is 1. The maximum Gasteiger partial charge on any atom is 0.223 e. The molecule has 1 fully saturated rings. The quantitative estimate of drug-likeness (QED) is 0.827. The molecule has 1 aromatic rings. The van der Waals surface area contributed by atoms with Gasteiger partial charge >= 0.3 is 0 Å². The van der Waals surface area contributed by atoms with Gasteiger partial charge in [-0.2, -0.15) is 0 Å². The second-order valence-electron chi connectivity index (χ2n) is 4.78. The van der Waals surface area contributed by atoms with E-state index in [9.17, 15) is 4.79 Å². The molecule has 98 valence electrons. The van der Waals surface area contributed by atoms with Crippen molar-refractivity contribution in [2.75, 3.05) is 13.7 Å². The molecule has 0 heterocycles. The van der Waals surface area contributed by atoms with Crippen molar-refractivity contribution >= 4 is 5.91 Å². The Hall–Kier alpha value is -1.55. The predicted octanol–water partition coefficient (Wildman–Crippen LogP) is 1.30. The van der Waals surface area contributed by atoms with E-state index < -0.39 is 6.10 Å². The molecule has 1 amide bonds. The van der Waals surface area contributed by atoms with Gasteiger partial charge in [0.2, 0.25) is 5.91 Å². The smallest absolute Gasteiger partial charge is 0.223 e. The molecule has 3 unspecified atom stereocenters. The lowest BCUT2D eigenvalue weighted by atomic mass is 10.1. The molecule has 4 nitrogen and oxygen atoms in total. The average Bonchev–Trinajstić information content (AvgIpc) is 3.16. The molecular formula is C14H19NO3. The van der Waals surface area contributed by atoms with Crippen molar-refractivity contribution in [3.05, 3.63) is 29.8 Å². The van der Waals surface area contributed by atoms with Gasteiger partial charge in [0, 0.05) is 12.5 Å². The molecule has 0 spiro atoms. The maximum absolute atomic E-state index is 11.8. The summed E-state index contributed by atoms with van der Waals surface area (Å²) < 4.78 is 5.30. The fraction of sp³-hybridized carbons (Fsp3) is 0.500. The Balaban J connectivity index is 1.96. The van der Waals surface area contributed by atoms with Crippen LogP contribution < -0.4 is 10.1 Å². The highest BCUT2D eigenvalue weighted by Gasteiger charge is 2.45. The first-order valence-electron chi connectivity index (χ1n) is 6.22. The third kappa shape index (κ3) is 2.82. The number of hydrogen-bond acceptors (Lipinski definition) is 3. The SMILES string of the molecule is COc1ccccc1C1CC1C(=O)NCC(C)O. The van der Waals surface area contributed by atoms with E-state index in [0.29, 0.717) is 6.54 Å². The van der Waals surface area contributed by atoms with Gasteiger partial charge in [0.15, 0.2) is 0 Å². The number of carbonyl (C=O) groups is 1. The van der Waals surface area contributed by atoms with E-state index in [1.807, 2.05) is 24.3 Å². The van der Waals surface area contributed by atoms with E-state index in [-0.39, 0.29) is 17.7 Å². The van der Waals surface area contributed by atoms with Gasteiger partial charge in [-0.3, -0.25) is 4.79 Å². The van der Waals surface area contributed by atoms with Crippen molar-refractivity contribution in [3.63, 3.8) is 0 Å². The van der Waals surface area contributed by atoms with E-state index in [4.69, 9.17) is 9.84 Å². The first kappa shape index (κ1) is 12.9. The van der Waals surface area contributed by atoms with Crippen LogP contribution in [-0.4, -0.2) is 30.8 Å². The summed E-state index contributed by atoms with van der Waals surface area (Å²) in [5.74, 6) is 1.12. The zero-order valence-corrected chi connectivity index (χ0v) is 10.7. The highest BCUT2D eigenvalue weighted by Crippen LogP contribution is 2.50. The summed E-state index contributed by atoms with van der Waals surface area (Å²) in [6.45, 7) is 1.97. The van der Waals surface area contributed by atoms with E-state index in [1.165, 1.54) is 0 Å². The molecule has 0 aliphatic heterocycles. The Morgan fingerprint density at radius 3 is 2.94 bits per heavy atom. The molecule has 18 heavy (non-hydrogen) atoms. The minimum Gasteiger partial charge on any atom is -0.496 e. The maximum atomic E-state index is 11.8. The molecule has 0 bridgehead atoms. The summed E-state index contributed by atoms with van der Waals surface area (Å²) >= 11 is 0. The zero-order valence-electron chi connectivity index (χ0n) is 10.7. The third-order valence-corrected chi connectivity index (χ3v) is 3.24. The third-order valence-electron chi connectivity index (χ3n) is 3.24. The van der Waals surface area contributed by atoms with Gasteiger partial charge in [0.1, 0.15) is 5.75 Å². The molecule has 3 atom stereocenters. The highest BCUT2D eigenvalue weighted by molar-refractivity contribution is 5.83. The monoisotopic (exact) mass is 249 g/mol. The molecule has 1 aromatic carbocycles. The number of aliphatic hydroxyl groups is 1. The minimum absolute atomic E-state index is 0.0139. The van der Waals surface area contributed by atoms with Crippen molar-refractivity contribution in [3.8, 4) is 5.75 Å². The normalized spacial score (nSPS) is 23.3. The van der Waals surface area contributed by atoms with Crippen molar-refractivity contribution in [2.45, 2.75) is 25.4 Å². The Morgan fingerprint density at radius 1 is 1.56 bits per heavy atom. The number of amides is 1. The van der Waals surface area contributed by atoms with Gasteiger partial charge in [-0.15, -0.1) is 0 Å². The summed E-state index contributed by atoms with van der Waals surface area (Å²) in [4.78, 5) is 11.8. The molecular weight excluding hydrogens is 230 g/mol.